The minimum Gasteiger partial charge on any atom is -0.385 e. The van der Waals surface area contributed by atoms with Crippen molar-refractivity contribution in [3.05, 3.63) is 70.8 Å². The molecule has 1 aliphatic heterocycles. The minimum atomic E-state index is -1.34. The highest BCUT2D eigenvalue weighted by molar-refractivity contribution is 6.00. The van der Waals surface area contributed by atoms with Crippen molar-refractivity contribution in [3.8, 4) is 0 Å². The third-order valence-corrected chi connectivity index (χ3v) is 7.32. The Morgan fingerprint density at radius 2 is 1.78 bits per heavy atom. The Morgan fingerprint density at radius 3 is 2.38 bits per heavy atom. The highest BCUT2D eigenvalue weighted by Gasteiger charge is 2.49. The van der Waals surface area contributed by atoms with Gasteiger partial charge in [-0.2, -0.15) is 0 Å². The molecule has 1 N–H and O–H groups in total. The first-order valence-corrected chi connectivity index (χ1v) is 12.9. The van der Waals surface area contributed by atoms with Crippen LogP contribution in [0.5, 0.6) is 0 Å². The number of benzene rings is 2. The number of ketones is 1. The fourth-order valence-corrected chi connectivity index (χ4v) is 5.60. The molecule has 4 rings (SSSR count). The summed E-state index contributed by atoms with van der Waals surface area (Å²) in [6.07, 6.45) is 1.94. The molecule has 1 saturated heterocycles. The van der Waals surface area contributed by atoms with Gasteiger partial charge in [-0.15, -0.1) is 0 Å². The number of rotatable bonds is 10. The van der Waals surface area contributed by atoms with Crippen molar-refractivity contribution in [3.63, 3.8) is 0 Å². The van der Waals surface area contributed by atoms with Crippen LogP contribution in [0.3, 0.4) is 0 Å². The molecule has 0 radical (unpaired) electrons. The summed E-state index contributed by atoms with van der Waals surface area (Å²) in [6, 6.07) is 7.77. The van der Waals surface area contributed by atoms with Crippen molar-refractivity contribution in [2.75, 3.05) is 13.7 Å². The summed E-state index contributed by atoms with van der Waals surface area (Å²) in [4.78, 5) is 42.6. The van der Waals surface area contributed by atoms with Crippen LogP contribution < -0.4 is 5.32 Å². The number of methoxy groups -OCH3 is 1. The number of carbonyl (C=O) groups excluding carboxylic acids is 3. The first-order valence-electron chi connectivity index (χ1n) is 12.9. The van der Waals surface area contributed by atoms with E-state index in [1.165, 1.54) is 18.1 Å². The lowest BCUT2D eigenvalue weighted by molar-refractivity contribution is -0.157. The standard InChI is InChI=1S/C29H34F2N2O4/c1-17(2)13-24-28(35)32-26(20-14-18-7-4-5-8-19(18)15-20)29(36)33(24)27(25(34)9-6-12-37-3)22-11-10-21(30)16-23(22)31/h4-5,7-8,10-11,16-17,20,24,26-27H,6,9,12-15H2,1-3H3,(H,32,35)/t24-,26-,27-/m1/s1. The molecule has 0 bridgehead atoms. The summed E-state index contributed by atoms with van der Waals surface area (Å²) >= 11 is 0. The molecule has 0 spiro atoms. The number of piperazine rings is 1. The lowest BCUT2D eigenvalue weighted by Gasteiger charge is -2.45. The number of nitrogens with one attached hydrogen (secondary N) is 1. The quantitative estimate of drug-likeness (QED) is 0.485. The Balaban J connectivity index is 1.75. The van der Waals surface area contributed by atoms with Gasteiger partial charge < -0.3 is 15.0 Å². The second-order valence-electron chi connectivity index (χ2n) is 10.4. The lowest BCUT2D eigenvalue weighted by Crippen LogP contribution is -2.66. The Hall–Kier alpha value is -3.13. The molecule has 0 unspecified atom stereocenters. The van der Waals surface area contributed by atoms with E-state index in [2.05, 4.69) is 5.32 Å². The highest BCUT2D eigenvalue weighted by Crippen LogP contribution is 2.36. The summed E-state index contributed by atoms with van der Waals surface area (Å²) in [5, 5.41) is 2.93. The van der Waals surface area contributed by atoms with Crippen molar-refractivity contribution in [2.24, 2.45) is 11.8 Å². The fraction of sp³-hybridized carbons (Fsp3) is 0.483. The molecule has 198 valence electrons. The summed E-state index contributed by atoms with van der Waals surface area (Å²) in [7, 11) is 1.52. The normalized spacial score (nSPS) is 20.8. The molecule has 0 aromatic heterocycles. The first kappa shape index (κ1) is 26.9. The van der Waals surface area contributed by atoms with Crippen LogP contribution in [0.4, 0.5) is 8.78 Å². The van der Waals surface area contributed by atoms with E-state index in [9.17, 15) is 18.8 Å². The van der Waals surface area contributed by atoms with E-state index in [4.69, 9.17) is 4.74 Å². The second-order valence-corrected chi connectivity index (χ2v) is 10.4. The second kappa shape index (κ2) is 11.5. The molecular weight excluding hydrogens is 478 g/mol. The maximum absolute atomic E-state index is 15.1. The van der Waals surface area contributed by atoms with Crippen LogP contribution in [0.25, 0.3) is 0 Å². The smallest absolute Gasteiger partial charge is 0.247 e. The van der Waals surface area contributed by atoms with Gasteiger partial charge in [-0.1, -0.05) is 44.2 Å². The van der Waals surface area contributed by atoms with E-state index in [1.807, 2.05) is 38.1 Å². The first-order chi connectivity index (χ1) is 17.7. The van der Waals surface area contributed by atoms with Crippen molar-refractivity contribution in [2.45, 2.75) is 64.1 Å². The van der Waals surface area contributed by atoms with Crippen LogP contribution in [0.15, 0.2) is 42.5 Å². The van der Waals surface area contributed by atoms with Crippen molar-refractivity contribution >= 4 is 17.6 Å². The van der Waals surface area contributed by atoms with Gasteiger partial charge in [0.2, 0.25) is 11.8 Å². The number of amides is 2. The van der Waals surface area contributed by atoms with E-state index >= 15 is 4.39 Å². The van der Waals surface area contributed by atoms with Gasteiger partial charge in [0, 0.05) is 31.8 Å². The van der Waals surface area contributed by atoms with Crippen LogP contribution in [0, 0.1) is 23.5 Å². The number of hydrogen-bond donors (Lipinski definition) is 1. The van der Waals surface area contributed by atoms with Gasteiger partial charge in [0.25, 0.3) is 0 Å². The number of Topliss-reactive ketones (excluding diaryl/α,β-unsaturated/α-hetero) is 1. The average Bonchev–Trinajstić information content (AvgIpc) is 3.28. The SMILES string of the molecule is COCCCC(=O)[C@@H](c1ccc(F)cc1F)N1C(=O)[C@@H](C2Cc3ccccc3C2)NC(=O)[C@H]1CC(C)C. The lowest BCUT2D eigenvalue weighted by atomic mass is 9.86. The van der Waals surface area contributed by atoms with Crippen LogP contribution in [0.2, 0.25) is 0 Å². The predicted molar refractivity (Wildman–Crippen MR) is 135 cm³/mol. The third kappa shape index (κ3) is 5.74. The van der Waals surface area contributed by atoms with Gasteiger partial charge in [-0.05, 0) is 54.7 Å². The van der Waals surface area contributed by atoms with E-state index in [1.54, 1.807) is 0 Å². The Morgan fingerprint density at radius 1 is 1.11 bits per heavy atom. The molecule has 2 amide bonds. The topological polar surface area (TPSA) is 75.7 Å². The molecule has 1 heterocycles. The molecule has 0 saturated carbocycles. The molecule has 1 aliphatic carbocycles. The number of carbonyl (C=O) groups is 3. The number of ether oxygens (including phenoxy) is 1. The summed E-state index contributed by atoms with van der Waals surface area (Å²) in [5.74, 6) is -3.03. The monoisotopic (exact) mass is 512 g/mol. The maximum Gasteiger partial charge on any atom is 0.247 e. The number of hydrogen-bond acceptors (Lipinski definition) is 4. The molecule has 37 heavy (non-hydrogen) atoms. The minimum absolute atomic E-state index is 0.0225. The van der Waals surface area contributed by atoms with Gasteiger partial charge in [0.1, 0.15) is 29.8 Å². The predicted octanol–water partition coefficient (Wildman–Crippen LogP) is 4.16. The zero-order valence-electron chi connectivity index (χ0n) is 21.5. The third-order valence-electron chi connectivity index (χ3n) is 7.32. The van der Waals surface area contributed by atoms with Crippen molar-refractivity contribution in [1.29, 1.82) is 0 Å². The van der Waals surface area contributed by atoms with E-state index in [0.717, 1.165) is 17.2 Å². The number of halogens is 2. The molecule has 2 aromatic carbocycles. The molecular formula is C29H34F2N2O4. The van der Waals surface area contributed by atoms with Gasteiger partial charge >= 0.3 is 0 Å². The highest BCUT2D eigenvalue weighted by atomic mass is 19.1. The molecule has 1 fully saturated rings. The Bertz CT molecular complexity index is 1140. The maximum atomic E-state index is 15.1. The van der Waals surface area contributed by atoms with Crippen LogP contribution >= 0.6 is 0 Å². The molecule has 2 aromatic rings. The summed E-state index contributed by atoms with van der Waals surface area (Å²) in [6.45, 7) is 4.16. The fourth-order valence-electron chi connectivity index (χ4n) is 5.60. The van der Waals surface area contributed by atoms with Gasteiger partial charge in [0.05, 0.1) is 0 Å². The van der Waals surface area contributed by atoms with E-state index in [0.29, 0.717) is 38.4 Å². The largest absolute Gasteiger partial charge is 0.385 e. The summed E-state index contributed by atoms with van der Waals surface area (Å²) < 4.78 is 34.0. The summed E-state index contributed by atoms with van der Waals surface area (Å²) in [5.41, 5.74) is 2.15. The van der Waals surface area contributed by atoms with Gasteiger partial charge in [-0.3, -0.25) is 14.4 Å². The van der Waals surface area contributed by atoms with Crippen LogP contribution in [-0.2, 0) is 32.0 Å². The average molecular weight is 513 g/mol. The molecule has 8 heteroatoms. The number of nitrogens with zero attached hydrogens (tertiary/aromatic N) is 1. The zero-order valence-corrected chi connectivity index (χ0v) is 21.5. The van der Waals surface area contributed by atoms with E-state index < -0.39 is 41.5 Å². The molecule has 2 aliphatic rings. The van der Waals surface area contributed by atoms with Crippen molar-refractivity contribution < 1.29 is 27.9 Å². The number of fused-ring (bicyclic) bond motifs is 1. The van der Waals surface area contributed by atoms with Gasteiger partial charge in [-0.25, -0.2) is 8.78 Å². The van der Waals surface area contributed by atoms with Crippen LogP contribution in [0.1, 0.15) is 55.8 Å². The van der Waals surface area contributed by atoms with Crippen LogP contribution in [-0.4, -0.2) is 48.3 Å². The molecule has 3 atom stereocenters. The van der Waals surface area contributed by atoms with E-state index in [-0.39, 0.29) is 29.7 Å². The Labute approximate surface area is 216 Å². The molecule has 6 nitrogen and oxygen atoms in total. The van der Waals surface area contributed by atoms with Gasteiger partial charge in [0.15, 0.2) is 5.78 Å². The zero-order chi connectivity index (χ0) is 26.7. The Kier molecular flexibility index (Phi) is 8.37. The van der Waals surface area contributed by atoms with Crippen molar-refractivity contribution in [1.82, 2.24) is 10.2 Å².